The summed E-state index contributed by atoms with van der Waals surface area (Å²) in [7, 11) is 1.30. The van der Waals surface area contributed by atoms with Crippen molar-refractivity contribution < 1.29 is 19.2 Å². The number of allylic oxidation sites excluding steroid dienone is 1. The maximum atomic E-state index is 13.7. The van der Waals surface area contributed by atoms with Gasteiger partial charge in [0, 0.05) is 6.07 Å². The van der Waals surface area contributed by atoms with Gasteiger partial charge in [0.1, 0.15) is 0 Å². The largest absolute Gasteiger partial charge is 0.483 e. The molecule has 9 nitrogen and oxygen atoms in total. The summed E-state index contributed by atoms with van der Waals surface area (Å²) in [5.74, 6) is -0.429. The Morgan fingerprint density at radius 1 is 1.30 bits per heavy atom. The number of halogens is 1. The maximum absolute atomic E-state index is 13.7. The van der Waals surface area contributed by atoms with E-state index < -0.39 is 16.9 Å². The number of carbonyl (C=O) groups excluding carboxylic acids is 1. The molecule has 11 heteroatoms. The van der Waals surface area contributed by atoms with Crippen LogP contribution in [0.15, 0.2) is 68.0 Å². The van der Waals surface area contributed by atoms with Gasteiger partial charge in [-0.15, -0.1) is 0 Å². The van der Waals surface area contributed by atoms with Crippen LogP contribution in [0.2, 0.25) is 0 Å². The van der Waals surface area contributed by atoms with Crippen molar-refractivity contribution in [3.63, 3.8) is 0 Å². The van der Waals surface area contributed by atoms with E-state index in [4.69, 9.17) is 9.47 Å². The van der Waals surface area contributed by atoms with Crippen LogP contribution in [0.3, 0.4) is 0 Å². The van der Waals surface area contributed by atoms with E-state index in [0.717, 1.165) is 16.9 Å². The Kier molecular flexibility index (Phi) is 7.74. The third-order valence-electron chi connectivity index (χ3n) is 5.66. The van der Waals surface area contributed by atoms with Crippen molar-refractivity contribution in [1.82, 2.24) is 4.57 Å². The Bertz CT molecular complexity index is 1590. The number of carbonyl (C=O) groups is 1. The predicted octanol–water partition coefficient (Wildman–Crippen LogP) is 4.26. The molecule has 0 saturated heterocycles. The number of methoxy groups -OCH3 is 1. The molecule has 192 valence electrons. The van der Waals surface area contributed by atoms with Crippen LogP contribution < -0.4 is 19.6 Å². The van der Waals surface area contributed by atoms with Gasteiger partial charge in [-0.3, -0.25) is 19.5 Å². The van der Waals surface area contributed by atoms with E-state index in [2.05, 4.69) is 20.9 Å². The highest BCUT2D eigenvalue weighted by atomic mass is 79.9. The highest BCUT2D eigenvalue weighted by Gasteiger charge is 2.33. The monoisotopic (exact) mass is 585 g/mol. The topological polar surface area (TPSA) is 113 Å². The number of esters is 1. The fourth-order valence-corrected chi connectivity index (χ4v) is 5.72. The van der Waals surface area contributed by atoms with E-state index in [0.29, 0.717) is 37.1 Å². The molecule has 0 bridgehead atoms. The second-order valence-electron chi connectivity index (χ2n) is 8.47. The maximum Gasteiger partial charge on any atom is 0.338 e. The van der Waals surface area contributed by atoms with Crippen LogP contribution in [0.25, 0.3) is 6.08 Å². The van der Waals surface area contributed by atoms with Crippen LogP contribution in [-0.4, -0.2) is 28.7 Å². The average molecular weight is 586 g/mol. The zero-order valence-corrected chi connectivity index (χ0v) is 23.0. The normalized spacial score (nSPS) is 15.4. The number of nitrogens with zero attached hydrogens (tertiary/aromatic N) is 3. The number of thiazole rings is 1. The van der Waals surface area contributed by atoms with E-state index in [1.54, 1.807) is 26.0 Å². The van der Waals surface area contributed by atoms with Crippen LogP contribution in [-0.2, 0) is 9.53 Å². The first-order chi connectivity index (χ1) is 17.7. The van der Waals surface area contributed by atoms with Crippen molar-refractivity contribution in [2.75, 3.05) is 7.11 Å². The lowest BCUT2D eigenvalue weighted by Crippen LogP contribution is -2.40. The first-order valence-corrected chi connectivity index (χ1v) is 13.1. The van der Waals surface area contributed by atoms with Gasteiger partial charge in [0.15, 0.2) is 4.80 Å². The molecule has 1 aliphatic heterocycles. The summed E-state index contributed by atoms with van der Waals surface area (Å²) in [6.45, 7) is 5.44. The van der Waals surface area contributed by atoms with E-state index >= 15 is 0 Å². The molecular weight excluding hydrogens is 562 g/mol. The van der Waals surface area contributed by atoms with Gasteiger partial charge in [-0.2, -0.15) is 0 Å². The van der Waals surface area contributed by atoms with Gasteiger partial charge in [0.25, 0.3) is 5.56 Å². The number of benzene rings is 2. The van der Waals surface area contributed by atoms with Gasteiger partial charge in [-0.05, 0) is 59.5 Å². The number of rotatable bonds is 7. The molecule has 0 unspecified atom stereocenters. The number of hydrogen-bond acceptors (Lipinski definition) is 8. The third kappa shape index (κ3) is 5.14. The fourth-order valence-electron chi connectivity index (χ4n) is 4.14. The Hall–Kier alpha value is -3.57. The van der Waals surface area contributed by atoms with Crippen molar-refractivity contribution in [2.24, 2.45) is 4.99 Å². The lowest BCUT2D eigenvalue weighted by Gasteiger charge is -2.25. The molecular formula is C26H24BrN3O6S. The Morgan fingerprint density at radius 3 is 2.59 bits per heavy atom. The summed E-state index contributed by atoms with van der Waals surface area (Å²) in [5.41, 5.74) is 1.45. The quantitative estimate of drug-likeness (QED) is 0.232. The number of hydrogen-bond donors (Lipinski definition) is 0. The SMILES string of the molecule is CCC1=C(C(=O)OC)[C@H](c2ccccc2)n2c(s/c(=C/c3cc(Br)c(OC(C)C)c([N+](=O)[O-])c3)c2=O)=N1. The Morgan fingerprint density at radius 2 is 2.00 bits per heavy atom. The molecule has 4 rings (SSSR count). The fraction of sp³-hybridized carbons (Fsp3) is 0.269. The van der Waals surface area contributed by atoms with Gasteiger partial charge in [-0.25, -0.2) is 9.79 Å². The Balaban J connectivity index is 1.96. The molecule has 1 atom stereocenters. The number of nitro benzene ring substituents is 1. The van der Waals surface area contributed by atoms with Crippen molar-refractivity contribution in [3.8, 4) is 5.75 Å². The van der Waals surface area contributed by atoms with Gasteiger partial charge >= 0.3 is 11.7 Å². The molecule has 3 aromatic rings. The van der Waals surface area contributed by atoms with E-state index in [-0.39, 0.29) is 23.1 Å². The zero-order valence-electron chi connectivity index (χ0n) is 20.6. The molecule has 0 aliphatic carbocycles. The number of nitro groups is 1. The van der Waals surface area contributed by atoms with Crippen molar-refractivity contribution in [2.45, 2.75) is 39.3 Å². The smallest absolute Gasteiger partial charge is 0.338 e. The van der Waals surface area contributed by atoms with Crippen molar-refractivity contribution >= 4 is 45.0 Å². The highest BCUT2D eigenvalue weighted by Crippen LogP contribution is 2.37. The van der Waals surface area contributed by atoms with Gasteiger partial charge in [-0.1, -0.05) is 48.6 Å². The second-order valence-corrected chi connectivity index (χ2v) is 10.3. The minimum Gasteiger partial charge on any atom is -0.483 e. The second kappa shape index (κ2) is 10.8. The molecule has 2 heterocycles. The Labute approximate surface area is 224 Å². The number of fused-ring (bicyclic) bond motifs is 1. The summed E-state index contributed by atoms with van der Waals surface area (Å²) in [6.07, 6.45) is 1.78. The summed E-state index contributed by atoms with van der Waals surface area (Å²) in [4.78, 5) is 42.8. The molecule has 37 heavy (non-hydrogen) atoms. The lowest BCUT2D eigenvalue weighted by molar-refractivity contribution is -0.386. The molecule has 0 spiro atoms. The van der Waals surface area contributed by atoms with Crippen LogP contribution >= 0.6 is 27.3 Å². The summed E-state index contributed by atoms with van der Waals surface area (Å²) in [5, 5.41) is 11.7. The van der Waals surface area contributed by atoms with Crippen LogP contribution in [0.1, 0.15) is 44.4 Å². The average Bonchev–Trinajstić information content (AvgIpc) is 3.18. The molecule has 0 N–H and O–H groups in total. The van der Waals surface area contributed by atoms with Crippen molar-refractivity contribution in [1.29, 1.82) is 0 Å². The molecule has 0 amide bonds. The summed E-state index contributed by atoms with van der Waals surface area (Å²) in [6, 6.07) is 11.5. The molecule has 1 aliphatic rings. The standard InChI is InChI=1S/C26H24BrN3O6S/c1-5-18-21(25(32)35-4)22(16-9-7-6-8-10-16)29-24(31)20(37-26(29)28-18)13-15-11-17(27)23(36-14(2)3)19(12-15)30(33)34/h6-14,22H,5H2,1-4H3/b20-13+/t22-/m0/s1. The number of ether oxygens (including phenoxy) is 2. The molecule has 0 radical (unpaired) electrons. The van der Waals surface area contributed by atoms with Crippen LogP contribution in [0, 0.1) is 10.1 Å². The lowest BCUT2D eigenvalue weighted by atomic mass is 9.95. The van der Waals surface area contributed by atoms with Gasteiger partial charge in [0.2, 0.25) is 5.75 Å². The van der Waals surface area contributed by atoms with E-state index in [1.807, 2.05) is 37.3 Å². The van der Waals surface area contributed by atoms with E-state index in [9.17, 15) is 19.7 Å². The van der Waals surface area contributed by atoms with Gasteiger partial charge < -0.3 is 9.47 Å². The van der Waals surface area contributed by atoms with Crippen molar-refractivity contribution in [3.05, 3.63) is 99.1 Å². The molecule has 0 fully saturated rings. The highest BCUT2D eigenvalue weighted by molar-refractivity contribution is 9.10. The number of aromatic nitrogens is 1. The molecule has 2 aromatic carbocycles. The van der Waals surface area contributed by atoms with Crippen LogP contribution in [0.5, 0.6) is 5.75 Å². The first kappa shape index (κ1) is 26.5. The van der Waals surface area contributed by atoms with E-state index in [1.165, 1.54) is 17.7 Å². The molecule has 1 aromatic heterocycles. The predicted molar refractivity (Wildman–Crippen MR) is 143 cm³/mol. The third-order valence-corrected chi connectivity index (χ3v) is 7.23. The zero-order chi connectivity index (χ0) is 26.9. The molecule has 0 saturated carbocycles. The summed E-state index contributed by atoms with van der Waals surface area (Å²) < 4.78 is 12.9. The minimum absolute atomic E-state index is 0.123. The summed E-state index contributed by atoms with van der Waals surface area (Å²) >= 11 is 4.52. The van der Waals surface area contributed by atoms with Gasteiger partial charge in [0.05, 0.1) is 44.5 Å². The minimum atomic E-state index is -0.718. The van der Waals surface area contributed by atoms with Crippen LogP contribution in [0.4, 0.5) is 5.69 Å². The first-order valence-electron chi connectivity index (χ1n) is 11.5.